The highest BCUT2D eigenvalue weighted by Crippen LogP contribution is 2.32. The Morgan fingerprint density at radius 2 is 1.88 bits per heavy atom. The van der Waals surface area contributed by atoms with Gasteiger partial charge in [-0.15, -0.1) is 0 Å². The Kier molecular flexibility index (Phi) is 6.25. The van der Waals surface area contributed by atoms with Crippen molar-refractivity contribution in [1.82, 2.24) is 0 Å². The number of nitrogens with one attached hydrogen (secondary N) is 1. The second kappa shape index (κ2) is 8.39. The Labute approximate surface area is 151 Å². The molecule has 7 heteroatoms. The van der Waals surface area contributed by atoms with Crippen molar-refractivity contribution >= 4 is 34.8 Å². The summed E-state index contributed by atoms with van der Waals surface area (Å²) >= 11 is 5.90. The van der Waals surface area contributed by atoms with Crippen LogP contribution in [0.15, 0.2) is 42.5 Å². The van der Waals surface area contributed by atoms with E-state index in [1.54, 1.807) is 42.5 Å². The molecule has 0 aliphatic heterocycles. The van der Waals surface area contributed by atoms with Crippen LogP contribution in [0.1, 0.15) is 6.92 Å². The van der Waals surface area contributed by atoms with E-state index in [2.05, 4.69) is 5.32 Å². The fourth-order valence-electron chi connectivity index (χ4n) is 2.28. The van der Waals surface area contributed by atoms with Crippen LogP contribution >= 0.6 is 11.6 Å². The van der Waals surface area contributed by atoms with Crippen molar-refractivity contribution in [2.75, 3.05) is 31.0 Å². The second-order valence-electron chi connectivity index (χ2n) is 5.20. The summed E-state index contributed by atoms with van der Waals surface area (Å²) in [5, 5.41) is 3.23. The SMILES string of the molecule is COc1ccc(N(CC(=O)Nc2cccc(Cl)c2)C(C)=O)c(OC)c1. The molecular weight excluding hydrogens is 344 g/mol. The van der Waals surface area contributed by atoms with Crippen molar-refractivity contribution in [1.29, 1.82) is 0 Å². The lowest BCUT2D eigenvalue weighted by atomic mass is 10.2. The summed E-state index contributed by atoms with van der Waals surface area (Å²) in [6, 6.07) is 11.8. The molecule has 6 nitrogen and oxygen atoms in total. The molecule has 0 aliphatic carbocycles. The largest absolute Gasteiger partial charge is 0.497 e. The average Bonchev–Trinajstić information content (AvgIpc) is 2.59. The van der Waals surface area contributed by atoms with Crippen molar-refractivity contribution in [3.05, 3.63) is 47.5 Å². The first-order valence-corrected chi connectivity index (χ1v) is 7.88. The third-order valence-corrected chi connectivity index (χ3v) is 3.70. The summed E-state index contributed by atoms with van der Waals surface area (Å²) in [7, 11) is 3.03. The lowest BCUT2D eigenvalue weighted by Crippen LogP contribution is -2.36. The fraction of sp³-hybridized carbons (Fsp3) is 0.222. The van der Waals surface area contributed by atoms with Crippen molar-refractivity contribution in [3.63, 3.8) is 0 Å². The molecule has 2 aromatic rings. The highest BCUT2D eigenvalue weighted by atomic mass is 35.5. The van der Waals surface area contributed by atoms with Crippen LogP contribution < -0.4 is 19.7 Å². The number of methoxy groups -OCH3 is 2. The Hall–Kier alpha value is -2.73. The van der Waals surface area contributed by atoms with Crippen LogP contribution in [-0.4, -0.2) is 32.6 Å². The normalized spacial score (nSPS) is 10.1. The number of amides is 2. The zero-order valence-electron chi connectivity index (χ0n) is 14.2. The van der Waals surface area contributed by atoms with Gasteiger partial charge in [0, 0.05) is 23.7 Å². The van der Waals surface area contributed by atoms with Gasteiger partial charge in [0.15, 0.2) is 0 Å². The van der Waals surface area contributed by atoms with E-state index in [9.17, 15) is 9.59 Å². The molecule has 2 amide bonds. The molecule has 0 bridgehead atoms. The highest BCUT2D eigenvalue weighted by molar-refractivity contribution is 6.30. The van der Waals surface area contributed by atoms with Gasteiger partial charge < -0.3 is 14.8 Å². The highest BCUT2D eigenvalue weighted by Gasteiger charge is 2.20. The second-order valence-corrected chi connectivity index (χ2v) is 5.64. The summed E-state index contributed by atoms with van der Waals surface area (Å²) < 4.78 is 10.5. The van der Waals surface area contributed by atoms with Gasteiger partial charge in [-0.25, -0.2) is 0 Å². The quantitative estimate of drug-likeness (QED) is 0.855. The Balaban J connectivity index is 2.21. The van der Waals surface area contributed by atoms with Crippen molar-refractivity contribution in [3.8, 4) is 11.5 Å². The number of rotatable bonds is 6. The zero-order chi connectivity index (χ0) is 18.4. The van der Waals surface area contributed by atoms with Crippen LogP contribution in [0.5, 0.6) is 11.5 Å². The van der Waals surface area contributed by atoms with E-state index in [4.69, 9.17) is 21.1 Å². The first-order valence-electron chi connectivity index (χ1n) is 7.50. The summed E-state index contributed by atoms with van der Waals surface area (Å²) in [5.41, 5.74) is 1.04. The Morgan fingerprint density at radius 3 is 2.48 bits per heavy atom. The maximum Gasteiger partial charge on any atom is 0.244 e. The van der Waals surface area contributed by atoms with E-state index < -0.39 is 0 Å². The lowest BCUT2D eigenvalue weighted by Gasteiger charge is -2.23. The zero-order valence-corrected chi connectivity index (χ0v) is 15.0. The molecule has 2 aromatic carbocycles. The number of hydrogen-bond acceptors (Lipinski definition) is 4. The summed E-state index contributed by atoms with van der Waals surface area (Å²) in [6.07, 6.45) is 0. The molecular formula is C18H19ClN2O4. The van der Waals surface area contributed by atoms with Gasteiger partial charge >= 0.3 is 0 Å². The summed E-state index contributed by atoms with van der Waals surface area (Å²) in [4.78, 5) is 25.7. The lowest BCUT2D eigenvalue weighted by molar-refractivity contribution is -0.120. The molecule has 25 heavy (non-hydrogen) atoms. The van der Waals surface area contributed by atoms with E-state index in [1.807, 2.05) is 0 Å². The number of carbonyl (C=O) groups excluding carboxylic acids is 2. The minimum absolute atomic E-state index is 0.162. The Morgan fingerprint density at radius 1 is 1.12 bits per heavy atom. The van der Waals surface area contributed by atoms with Gasteiger partial charge in [0.05, 0.1) is 19.9 Å². The van der Waals surface area contributed by atoms with Crippen molar-refractivity contribution < 1.29 is 19.1 Å². The molecule has 0 aliphatic rings. The summed E-state index contributed by atoms with van der Waals surface area (Å²) in [5.74, 6) is 0.387. The van der Waals surface area contributed by atoms with Crippen molar-refractivity contribution in [2.45, 2.75) is 6.92 Å². The number of halogens is 1. The molecule has 0 saturated carbocycles. The molecule has 1 N–H and O–H groups in total. The number of anilines is 2. The molecule has 0 unspecified atom stereocenters. The number of ether oxygens (including phenoxy) is 2. The third-order valence-electron chi connectivity index (χ3n) is 3.47. The number of nitrogens with zero attached hydrogens (tertiary/aromatic N) is 1. The molecule has 0 radical (unpaired) electrons. The topological polar surface area (TPSA) is 67.9 Å². The van der Waals surface area contributed by atoms with E-state index in [-0.39, 0.29) is 18.4 Å². The standard InChI is InChI=1S/C18H19ClN2O4/c1-12(22)21(16-8-7-15(24-2)10-17(16)25-3)11-18(23)20-14-6-4-5-13(19)9-14/h4-10H,11H2,1-3H3,(H,20,23). The molecule has 2 rings (SSSR count). The van der Waals surface area contributed by atoms with Crippen LogP contribution in [0, 0.1) is 0 Å². The van der Waals surface area contributed by atoms with Crippen LogP contribution in [0.3, 0.4) is 0 Å². The maximum absolute atomic E-state index is 12.3. The predicted molar refractivity (Wildman–Crippen MR) is 97.7 cm³/mol. The molecule has 0 aromatic heterocycles. The number of benzene rings is 2. The maximum atomic E-state index is 12.3. The van der Waals surface area contributed by atoms with Gasteiger partial charge in [-0.05, 0) is 30.3 Å². The van der Waals surface area contributed by atoms with Gasteiger partial charge in [-0.1, -0.05) is 17.7 Å². The van der Waals surface area contributed by atoms with Gasteiger partial charge in [-0.3, -0.25) is 14.5 Å². The smallest absolute Gasteiger partial charge is 0.244 e. The molecule has 132 valence electrons. The van der Waals surface area contributed by atoms with E-state index >= 15 is 0 Å². The van der Waals surface area contributed by atoms with E-state index in [1.165, 1.54) is 26.0 Å². The van der Waals surface area contributed by atoms with Crippen LogP contribution in [-0.2, 0) is 9.59 Å². The van der Waals surface area contributed by atoms with Crippen LogP contribution in [0.25, 0.3) is 0 Å². The van der Waals surface area contributed by atoms with E-state index in [0.717, 1.165) is 0 Å². The van der Waals surface area contributed by atoms with Gasteiger partial charge in [0.2, 0.25) is 11.8 Å². The fourth-order valence-corrected chi connectivity index (χ4v) is 2.47. The molecule has 0 saturated heterocycles. The van der Waals surface area contributed by atoms with E-state index in [0.29, 0.717) is 27.9 Å². The first kappa shape index (κ1) is 18.6. The predicted octanol–water partition coefficient (Wildman–Crippen LogP) is 3.35. The Bertz CT molecular complexity index is 779. The van der Waals surface area contributed by atoms with Gasteiger partial charge in [0.1, 0.15) is 18.0 Å². The number of hydrogen-bond donors (Lipinski definition) is 1. The monoisotopic (exact) mass is 362 g/mol. The minimum atomic E-state index is -0.352. The molecule has 0 heterocycles. The third kappa shape index (κ3) is 4.87. The molecule has 0 atom stereocenters. The summed E-state index contributed by atoms with van der Waals surface area (Å²) in [6.45, 7) is 1.22. The minimum Gasteiger partial charge on any atom is -0.497 e. The van der Waals surface area contributed by atoms with Crippen LogP contribution in [0.4, 0.5) is 11.4 Å². The first-order chi connectivity index (χ1) is 11.9. The number of carbonyl (C=O) groups is 2. The van der Waals surface area contributed by atoms with Crippen molar-refractivity contribution in [2.24, 2.45) is 0 Å². The van der Waals surface area contributed by atoms with Crippen LogP contribution in [0.2, 0.25) is 5.02 Å². The molecule has 0 spiro atoms. The van der Waals surface area contributed by atoms with Gasteiger partial charge in [-0.2, -0.15) is 0 Å². The van der Waals surface area contributed by atoms with Gasteiger partial charge in [0.25, 0.3) is 0 Å². The average molecular weight is 363 g/mol. The molecule has 0 fully saturated rings.